The number of likely N-dealkylation sites (tertiary alicyclic amines) is 1. The maximum absolute atomic E-state index is 14.3. The number of aromatic amines is 1. The molecule has 0 bridgehead atoms. The third-order valence-electron chi connectivity index (χ3n) is 17.8. The number of carbonyl (C=O) groups is 5. The number of nitrogens with zero attached hydrogens (tertiary/aromatic N) is 6. The van der Waals surface area contributed by atoms with E-state index in [1.165, 1.54) is 35.0 Å². The number of nitrogens with one attached hydrogen (secondary N) is 3. The number of rotatable bonds is 29. The van der Waals surface area contributed by atoms with Crippen LogP contribution < -0.4 is 20.3 Å². The molecule has 3 saturated heterocycles. The van der Waals surface area contributed by atoms with E-state index in [2.05, 4.69) is 67.9 Å². The summed E-state index contributed by atoms with van der Waals surface area (Å²) in [5.74, 6) is -3.14. The summed E-state index contributed by atoms with van der Waals surface area (Å²) >= 11 is 6.27. The fourth-order valence-electron chi connectivity index (χ4n) is 12.6. The van der Waals surface area contributed by atoms with Crippen LogP contribution in [0.3, 0.4) is 0 Å². The van der Waals surface area contributed by atoms with Gasteiger partial charge in [0.05, 0.1) is 60.2 Å². The first-order valence-electron chi connectivity index (χ1n) is 31.2. The number of hydrogen-bond donors (Lipinski definition) is 3. The van der Waals surface area contributed by atoms with Crippen LogP contribution >= 0.6 is 11.6 Å². The molecule has 484 valence electrons. The Balaban J connectivity index is 0.648. The highest BCUT2D eigenvalue weighted by Crippen LogP contribution is 2.44. The molecule has 24 heteroatoms. The lowest BCUT2D eigenvalue weighted by atomic mass is 9.72. The number of allylic oxidation sites excluding steroid dienone is 1. The Morgan fingerprint density at radius 1 is 0.857 bits per heavy atom. The van der Waals surface area contributed by atoms with Gasteiger partial charge in [-0.2, -0.15) is 0 Å². The SMILES string of the molecule is C=C(CCCOCCOCCOCCN1CCC(CNc2ccc(S(=O)(=O)CC(=O)c3ccc(N4CCN(CC5=C(c6ccc(Cl)cc6)CC(C)(C)CC5)CC4)cc3Oc3cnc4[nH]ccc4c3)cc2[N+](=O)[O-])CC1)C1=C(C)C(=O)N(C2CCC(=O)NC2=O)C1=O. The largest absolute Gasteiger partial charge is 0.455 e. The van der Waals surface area contributed by atoms with Crippen molar-refractivity contribution in [1.29, 1.82) is 0 Å². The molecule has 4 aliphatic heterocycles. The van der Waals surface area contributed by atoms with Crippen molar-refractivity contribution in [2.24, 2.45) is 11.3 Å². The van der Waals surface area contributed by atoms with Crippen molar-refractivity contribution in [3.63, 3.8) is 0 Å². The molecule has 1 aliphatic carbocycles. The average Bonchev–Trinajstić information content (AvgIpc) is 1.75. The number of anilines is 2. The van der Waals surface area contributed by atoms with Gasteiger partial charge in [-0.1, -0.05) is 49.7 Å². The van der Waals surface area contributed by atoms with Crippen LogP contribution in [-0.4, -0.2) is 178 Å². The van der Waals surface area contributed by atoms with Crippen LogP contribution in [0.25, 0.3) is 16.6 Å². The summed E-state index contributed by atoms with van der Waals surface area (Å²) in [6.45, 7) is 19.4. The number of carbonyl (C=O) groups excluding carboxylic acids is 5. The molecule has 10 rings (SSSR count). The van der Waals surface area contributed by atoms with Crippen LogP contribution in [0.2, 0.25) is 5.02 Å². The van der Waals surface area contributed by atoms with Crippen molar-refractivity contribution in [3.8, 4) is 11.5 Å². The van der Waals surface area contributed by atoms with Gasteiger partial charge in [0.2, 0.25) is 11.8 Å². The first kappa shape index (κ1) is 66.3. The average molecular weight is 1290 g/mol. The second kappa shape index (κ2) is 29.8. The van der Waals surface area contributed by atoms with Gasteiger partial charge in [-0.05, 0) is 148 Å². The van der Waals surface area contributed by atoms with E-state index in [0.29, 0.717) is 89.1 Å². The second-order valence-corrected chi connectivity index (χ2v) is 27.3. The van der Waals surface area contributed by atoms with Crippen LogP contribution in [0.15, 0.2) is 119 Å². The summed E-state index contributed by atoms with van der Waals surface area (Å²) in [7, 11) is -4.38. The number of imide groups is 2. The number of piperazine rings is 1. The molecule has 91 heavy (non-hydrogen) atoms. The Morgan fingerprint density at radius 2 is 1.58 bits per heavy atom. The van der Waals surface area contributed by atoms with E-state index >= 15 is 0 Å². The molecular weight excluding hydrogens is 1210 g/mol. The number of benzene rings is 3. The summed E-state index contributed by atoms with van der Waals surface area (Å²) in [5, 5.41) is 19.4. The van der Waals surface area contributed by atoms with Crippen LogP contribution in [0.5, 0.6) is 11.5 Å². The smallest absolute Gasteiger partial charge is 0.293 e. The van der Waals surface area contributed by atoms with E-state index in [1.807, 2.05) is 24.3 Å². The van der Waals surface area contributed by atoms with Crippen molar-refractivity contribution >= 4 is 84.5 Å². The minimum atomic E-state index is -4.38. The van der Waals surface area contributed by atoms with Crippen LogP contribution in [0.4, 0.5) is 17.1 Å². The van der Waals surface area contributed by atoms with Gasteiger partial charge in [-0.3, -0.25) is 49.2 Å². The summed E-state index contributed by atoms with van der Waals surface area (Å²) < 4.78 is 51.7. The number of halogens is 1. The number of ketones is 1. The van der Waals surface area contributed by atoms with Crippen molar-refractivity contribution < 1.29 is 56.3 Å². The van der Waals surface area contributed by atoms with Gasteiger partial charge in [-0.25, -0.2) is 13.4 Å². The molecule has 22 nitrogen and oxygen atoms in total. The Labute approximate surface area is 535 Å². The zero-order valence-corrected chi connectivity index (χ0v) is 53.5. The van der Waals surface area contributed by atoms with Crippen molar-refractivity contribution in [2.45, 2.75) is 89.5 Å². The van der Waals surface area contributed by atoms with Crippen molar-refractivity contribution in [2.75, 3.05) is 115 Å². The lowest BCUT2D eigenvalue weighted by Gasteiger charge is -2.39. The van der Waals surface area contributed by atoms with Crippen molar-refractivity contribution in [1.82, 2.24) is 30.0 Å². The quantitative estimate of drug-likeness (QED) is 0.0132. The number of ether oxygens (including phenoxy) is 4. The number of pyridine rings is 1. The summed E-state index contributed by atoms with van der Waals surface area (Å²) in [5.41, 5.74) is 6.52. The maximum Gasteiger partial charge on any atom is 0.293 e. The highest BCUT2D eigenvalue weighted by Gasteiger charge is 2.45. The van der Waals surface area contributed by atoms with Crippen LogP contribution in [0.1, 0.15) is 94.5 Å². The number of fused-ring (bicyclic) bond motifs is 1. The van der Waals surface area contributed by atoms with Gasteiger partial charge in [0.25, 0.3) is 17.5 Å². The topological polar surface area (TPSA) is 265 Å². The van der Waals surface area contributed by atoms with Crippen LogP contribution in [0, 0.1) is 21.4 Å². The highest BCUT2D eigenvalue weighted by atomic mass is 35.5. The van der Waals surface area contributed by atoms with Gasteiger partial charge in [-0.15, -0.1) is 0 Å². The summed E-state index contributed by atoms with van der Waals surface area (Å²) in [6.07, 6.45) is 9.25. The van der Waals surface area contributed by atoms with Gasteiger partial charge in [0, 0.05) is 98.8 Å². The molecule has 5 aromatic rings. The number of H-pyrrole nitrogens is 1. The molecule has 1 atom stereocenters. The van der Waals surface area contributed by atoms with Gasteiger partial charge >= 0.3 is 0 Å². The van der Waals surface area contributed by atoms with Gasteiger partial charge in [0.1, 0.15) is 34.6 Å². The van der Waals surface area contributed by atoms with Gasteiger partial charge < -0.3 is 39.0 Å². The summed E-state index contributed by atoms with van der Waals surface area (Å²) in [4.78, 5) is 91.3. The third-order valence-corrected chi connectivity index (χ3v) is 19.7. The molecule has 6 heterocycles. The monoisotopic (exact) mass is 1290 g/mol. The van der Waals surface area contributed by atoms with E-state index in [4.69, 9.17) is 30.5 Å². The standard InChI is InChI=1S/C67H80ClN9O13S/c1-44(62-45(2)65(81)76(66(62)82)57-15-16-61(79)72-64(57)80)6-5-30-87-32-34-89-35-33-88-31-29-73-23-19-46(20-24-73)40-70-56-14-12-53(38-58(56)77(83)84)91(85,86)43-59(78)54-13-11-51(37-60(54)90-52-36-48-18-22-69-63(48)71-41-52)75-27-25-74(26-28-75)42-49-17-21-67(3,4)39-55(49)47-7-9-50(68)10-8-47/h7-14,18,22,36-38,41,46,57,70H,1,5-6,15-17,19-21,23-35,39-40,42-43H2,2-4H3,(H,69,71)(H,72,79,80). The normalized spacial score (nSPS) is 18.8. The highest BCUT2D eigenvalue weighted by molar-refractivity contribution is 7.92. The number of sulfone groups is 1. The molecule has 0 saturated carbocycles. The number of nitro benzene ring substituents is 1. The first-order valence-corrected chi connectivity index (χ1v) is 33.3. The van der Waals surface area contributed by atoms with E-state index in [0.717, 1.165) is 98.4 Å². The molecule has 1 unspecified atom stereocenters. The van der Waals surface area contributed by atoms with Crippen molar-refractivity contribution in [3.05, 3.63) is 140 Å². The molecule has 0 spiro atoms. The molecule has 0 radical (unpaired) electrons. The molecular formula is C67H80ClN9O13S. The van der Waals surface area contributed by atoms with Gasteiger partial charge in [0.15, 0.2) is 15.6 Å². The fraction of sp³-hybridized carbons (Fsp3) is 0.463. The lowest BCUT2D eigenvalue weighted by molar-refractivity contribution is -0.384. The predicted molar refractivity (Wildman–Crippen MR) is 346 cm³/mol. The first-order chi connectivity index (χ1) is 43.7. The number of hydrogen-bond acceptors (Lipinski definition) is 18. The number of Topliss-reactive ketones (excluding diaryl/α,β-unsaturated/α-hetero) is 1. The zero-order valence-electron chi connectivity index (χ0n) is 51.9. The third kappa shape index (κ3) is 16.7. The molecule has 4 amide bonds. The Hall–Kier alpha value is -7.64. The number of amides is 4. The minimum absolute atomic E-state index is 0.0491. The minimum Gasteiger partial charge on any atom is -0.455 e. The molecule has 3 fully saturated rings. The fourth-order valence-corrected chi connectivity index (χ4v) is 13.9. The maximum atomic E-state index is 14.3. The Kier molecular flexibility index (Phi) is 21.7. The lowest BCUT2D eigenvalue weighted by Crippen LogP contribution is -2.54. The zero-order chi connectivity index (χ0) is 64.4. The van der Waals surface area contributed by atoms with E-state index in [-0.39, 0.29) is 57.2 Å². The number of piperidine rings is 2. The summed E-state index contributed by atoms with van der Waals surface area (Å²) in [6, 6.07) is 19.7. The second-order valence-electron chi connectivity index (χ2n) is 24.8. The van der Waals surface area contributed by atoms with Crippen LogP contribution in [-0.2, 0) is 43.2 Å². The molecule has 2 aromatic heterocycles. The predicted octanol–water partition coefficient (Wildman–Crippen LogP) is 9.36. The van der Waals surface area contributed by atoms with E-state index in [9.17, 15) is 42.5 Å². The Morgan fingerprint density at radius 3 is 2.31 bits per heavy atom. The Bertz CT molecular complexity index is 3740. The van der Waals surface area contributed by atoms with E-state index in [1.54, 1.807) is 31.3 Å². The molecule has 3 aromatic carbocycles. The number of nitro groups is 1. The number of aromatic nitrogens is 2. The van der Waals surface area contributed by atoms with E-state index < -0.39 is 61.7 Å². The molecule has 5 aliphatic rings. The molecule has 3 N–H and O–H groups in total.